The number of rotatable bonds is 3. The summed E-state index contributed by atoms with van der Waals surface area (Å²) < 4.78 is 1.27. The lowest BCUT2D eigenvalue weighted by Gasteiger charge is -2.02. The minimum absolute atomic E-state index is 1.08. The maximum Gasteiger partial charge on any atom is 0.0814 e. The van der Waals surface area contributed by atoms with Crippen LogP contribution in [0.4, 0.5) is 0 Å². The van der Waals surface area contributed by atoms with Gasteiger partial charge in [-0.1, -0.05) is 36.4 Å². The quantitative estimate of drug-likeness (QED) is 0.671. The normalized spacial score (nSPS) is 10.8. The molecule has 0 saturated heterocycles. The molecule has 0 saturated carbocycles. The van der Waals surface area contributed by atoms with Gasteiger partial charge in [0.15, 0.2) is 0 Å². The molecular formula is C15H13NS. The van der Waals surface area contributed by atoms with E-state index in [1.807, 2.05) is 5.51 Å². The van der Waals surface area contributed by atoms with E-state index in [1.165, 1.54) is 15.8 Å². The summed E-state index contributed by atoms with van der Waals surface area (Å²) >= 11 is 1.70. The minimum atomic E-state index is 1.08. The van der Waals surface area contributed by atoms with Gasteiger partial charge >= 0.3 is 0 Å². The molecule has 0 N–H and O–H groups in total. The molecule has 1 heterocycles. The van der Waals surface area contributed by atoms with Crippen LogP contribution in [-0.4, -0.2) is 4.98 Å². The van der Waals surface area contributed by atoms with E-state index < -0.39 is 0 Å². The van der Waals surface area contributed by atoms with Crippen LogP contribution in [0.5, 0.6) is 0 Å². The predicted molar refractivity (Wildman–Crippen MR) is 73.5 cm³/mol. The number of benzene rings is 2. The molecule has 1 nitrogen and oxygen atoms in total. The molecule has 0 aliphatic heterocycles. The van der Waals surface area contributed by atoms with Gasteiger partial charge in [-0.2, -0.15) is 0 Å². The van der Waals surface area contributed by atoms with Crippen molar-refractivity contribution >= 4 is 21.6 Å². The van der Waals surface area contributed by atoms with Crippen LogP contribution in [0.3, 0.4) is 0 Å². The summed E-state index contributed by atoms with van der Waals surface area (Å²) in [6.07, 6.45) is 2.17. The summed E-state index contributed by atoms with van der Waals surface area (Å²) in [6.45, 7) is 0. The molecule has 1 aromatic heterocycles. The molecule has 0 aliphatic rings. The van der Waals surface area contributed by atoms with Gasteiger partial charge in [-0.15, -0.1) is 11.3 Å². The van der Waals surface area contributed by atoms with Crippen molar-refractivity contribution in [2.24, 2.45) is 0 Å². The highest BCUT2D eigenvalue weighted by molar-refractivity contribution is 7.16. The minimum Gasteiger partial charge on any atom is -0.245 e. The van der Waals surface area contributed by atoms with Gasteiger partial charge in [-0.3, -0.25) is 0 Å². The molecule has 0 amide bonds. The molecule has 0 bridgehead atoms. The van der Waals surface area contributed by atoms with E-state index in [4.69, 9.17) is 0 Å². The highest BCUT2D eigenvalue weighted by atomic mass is 32.1. The van der Waals surface area contributed by atoms with Crippen LogP contribution >= 0.6 is 11.3 Å². The third kappa shape index (κ3) is 2.37. The standard InChI is InChI=1S/C15H13NS/c1-2-4-12(5-3-1)6-7-13-8-9-15-14(10-13)16-11-17-15/h1-5,8-11H,6-7H2. The Hall–Kier alpha value is -1.67. The maximum absolute atomic E-state index is 4.35. The Morgan fingerprint density at radius 2 is 1.71 bits per heavy atom. The lowest BCUT2D eigenvalue weighted by molar-refractivity contribution is 0.962. The smallest absolute Gasteiger partial charge is 0.0814 e. The van der Waals surface area contributed by atoms with E-state index >= 15 is 0 Å². The number of aryl methyl sites for hydroxylation is 2. The fraction of sp³-hybridized carbons (Fsp3) is 0.133. The Bertz CT molecular complexity index is 613. The van der Waals surface area contributed by atoms with Gasteiger partial charge in [0, 0.05) is 0 Å². The van der Waals surface area contributed by atoms with E-state index in [-0.39, 0.29) is 0 Å². The topological polar surface area (TPSA) is 12.9 Å². The zero-order chi connectivity index (χ0) is 11.5. The van der Waals surface area contributed by atoms with Crippen molar-refractivity contribution in [1.29, 1.82) is 0 Å². The Balaban J connectivity index is 1.76. The van der Waals surface area contributed by atoms with Gasteiger partial charge in [0.05, 0.1) is 15.7 Å². The Morgan fingerprint density at radius 1 is 0.882 bits per heavy atom. The summed E-state index contributed by atoms with van der Waals surface area (Å²) in [4.78, 5) is 4.35. The molecule has 2 heteroatoms. The maximum atomic E-state index is 4.35. The highest BCUT2D eigenvalue weighted by Crippen LogP contribution is 2.19. The number of nitrogens with zero attached hydrogens (tertiary/aromatic N) is 1. The van der Waals surface area contributed by atoms with Crippen molar-refractivity contribution in [2.45, 2.75) is 12.8 Å². The van der Waals surface area contributed by atoms with Crippen LogP contribution in [-0.2, 0) is 12.8 Å². The molecule has 0 fully saturated rings. The molecule has 3 aromatic rings. The highest BCUT2D eigenvalue weighted by Gasteiger charge is 1.99. The average molecular weight is 239 g/mol. The second kappa shape index (κ2) is 4.68. The molecule has 0 spiro atoms. The molecular weight excluding hydrogens is 226 g/mol. The van der Waals surface area contributed by atoms with E-state index in [9.17, 15) is 0 Å². The molecule has 84 valence electrons. The SMILES string of the molecule is c1ccc(CCc2ccc3scnc3c2)cc1. The van der Waals surface area contributed by atoms with Crippen LogP contribution in [0.1, 0.15) is 11.1 Å². The number of hydrogen-bond acceptors (Lipinski definition) is 2. The fourth-order valence-electron chi connectivity index (χ4n) is 1.99. The van der Waals surface area contributed by atoms with Gasteiger partial charge in [0.1, 0.15) is 0 Å². The second-order valence-corrected chi connectivity index (χ2v) is 5.03. The van der Waals surface area contributed by atoms with Crippen LogP contribution in [0, 0.1) is 0 Å². The molecule has 2 aromatic carbocycles. The fourth-order valence-corrected chi connectivity index (χ4v) is 2.65. The zero-order valence-corrected chi connectivity index (χ0v) is 10.3. The Morgan fingerprint density at radius 3 is 2.59 bits per heavy atom. The van der Waals surface area contributed by atoms with E-state index in [1.54, 1.807) is 11.3 Å². The van der Waals surface area contributed by atoms with Crippen molar-refractivity contribution in [3.8, 4) is 0 Å². The van der Waals surface area contributed by atoms with Gasteiger partial charge in [-0.05, 0) is 36.1 Å². The van der Waals surface area contributed by atoms with Crippen molar-refractivity contribution in [3.63, 3.8) is 0 Å². The zero-order valence-electron chi connectivity index (χ0n) is 9.47. The third-order valence-electron chi connectivity index (χ3n) is 2.94. The molecule has 0 atom stereocenters. The van der Waals surface area contributed by atoms with Crippen molar-refractivity contribution in [1.82, 2.24) is 4.98 Å². The lowest BCUT2D eigenvalue weighted by Crippen LogP contribution is -1.90. The summed E-state index contributed by atoms with van der Waals surface area (Å²) in [6, 6.07) is 17.2. The molecule has 17 heavy (non-hydrogen) atoms. The predicted octanol–water partition coefficient (Wildman–Crippen LogP) is 4.08. The van der Waals surface area contributed by atoms with Crippen molar-refractivity contribution in [2.75, 3.05) is 0 Å². The van der Waals surface area contributed by atoms with Crippen LogP contribution in [0.15, 0.2) is 54.0 Å². The first-order chi connectivity index (χ1) is 8.42. The monoisotopic (exact) mass is 239 g/mol. The second-order valence-electron chi connectivity index (χ2n) is 4.14. The molecule has 0 aliphatic carbocycles. The molecule has 0 unspecified atom stereocenters. The van der Waals surface area contributed by atoms with E-state index in [2.05, 4.69) is 53.5 Å². The number of thiazole rings is 1. The summed E-state index contributed by atoms with van der Waals surface area (Å²) in [5, 5.41) is 0. The summed E-state index contributed by atoms with van der Waals surface area (Å²) in [5.41, 5.74) is 5.80. The summed E-state index contributed by atoms with van der Waals surface area (Å²) in [7, 11) is 0. The first-order valence-corrected chi connectivity index (χ1v) is 6.66. The van der Waals surface area contributed by atoms with Gasteiger partial charge in [0.2, 0.25) is 0 Å². The number of hydrogen-bond donors (Lipinski definition) is 0. The first kappa shape index (κ1) is 10.5. The molecule has 0 radical (unpaired) electrons. The van der Waals surface area contributed by atoms with Gasteiger partial charge in [0.25, 0.3) is 0 Å². The van der Waals surface area contributed by atoms with Crippen LogP contribution in [0.2, 0.25) is 0 Å². The Labute approximate surface area is 105 Å². The van der Waals surface area contributed by atoms with Crippen molar-refractivity contribution < 1.29 is 0 Å². The Kier molecular flexibility index (Phi) is 2.88. The van der Waals surface area contributed by atoms with Gasteiger partial charge in [-0.25, -0.2) is 4.98 Å². The number of fused-ring (bicyclic) bond motifs is 1. The van der Waals surface area contributed by atoms with Gasteiger partial charge < -0.3 is 0 Å². The van der Waals surface area contributed by atoms with Crippen LogP contribution in [0.25, 0.3) is 10.2 Å². The largest absolute Gasteiger partial charge is 0.245 e. The third-order valence-corrected chi connectivity index (χ3v) is 3.75. The first-order valence-electron chi connectivity index (χ1n) is 5.78. The summed E-state index contributed by atoms with van der Waals surface area (Å²) in [5.74, 6) is 0. The van der Waals surface area contributed by atoms with E-state index in [0.29, 0.717) is 0 Å². The van der Waals surface area contributed by atoms with Crippen LogP contribution < -0.4 is 0 Å². The number of aromatic nitrogens is 1. The van der Waals surface area contributed by atoms with E-state index in [0.717, 1.165) is 18.4 Å². The lowest BCUT2D eigenvalue weighted by atomic mass is 10.0. The average Bonchev–Trinajstić information content (AvgIpc) is 2.85. The molecule has 3 rings (SSSR count). The van der Waals surface area contributed by atoms with Crippen molar-refractivity contribution in [3.05, 3.63) is 65.2 Å².